The molecule has 0 aliphatic heterocycles. The Morgan fingerprint density at radius 1 is 0.571 bits per heavy atom. The Morgan fingerprint density at radius 2 is 0.833 bits per heavy atom. The van der Waals surface area contributed by atoms with Crippen LogP contribution in [0, 0.1) is 0 Å². The third-order valence-electron chi connectivity index (χ3n) is 2.73. The number of ether oxygens (including phenoxy) is 2. The van der Waals surface area contributed by atoms with Crippen LogP contribution in [0.25, 0.3) is 0 Å². The average Bonchev–Trinajstić information content (AvgIpc) is 2.61. The Bertz CT molecular complexity index is 748. The van der Waals surface area contributed by atoms with Crippen LogP contribution in [0.5, 0.6) is 0 Å². The average molecular weight is 722 g/mol. The smallest absolute Gasteiger partial charge is 0.870 e. The normalized spacial score (nSPS) is 14.5. The number of alkyl halides is 22. The van der Waals surface area contributed by atoms with Crippen LogP contribution in [-0.2, 0) is 9.47 Å². The fourth-order valence-electron chi connectivity index (χ4n) is 1.15. The van der Waals surface area contributed by atoms with Crippen molar-refractivity contribution in [3.05, 3.63) is 12.7 Å². The molecular weight excluding hydrogens is 715 g/mol. The molecule has 1 unspecified atom stereocenters. The topological polar surface area (TPSA) is 68.7 Å². The monoisotopic (exact) mass is 722 g/mol. The second-order valence-electron chi connectivity index (χ2n) is 5.99. The summed E-state index contributed by atoms with van der Waals surface area (Å²) in [5, 5.41) is 7.47. The predicted molar refractivity (Wildman–Crippen MR) is 75.3 cm³/mol. The van der Waals surface area contributed by atoms with Gasteiger partial charge in [0.15, 0.2) is 0 Å². The van der Waals surface area contributed by atoms with Crippen LogP contribution in [-0.4, -0.2) is 78.2 Å². The molecule has 0 aliphatic rings. The zero-order chi connectivity index (χ0) is 33.7. The van der Waals surface area contributed by atoms with E-state index in [2.05, 4.69) is 6.58 Å². The van der Waals surface area contributed by atoms with E-state index >= 15 is 0 Å². The number of aliphatic hydroxyl groups is 1. The maximum Gasteiger partial charge on any atom is 1.00 e. The Hall–Kier alpha value is -0.464. The third-order valence-corrected chi connectivity index (χ3v) is 2.73. The summed E-state index contributed by atoms with van der Waals surface area (Å²) in [5.41, 5.74) is 0. The minimum Gasteiger partial charge on any atom is -0.870 e. The molecule has 0 spiro atoms. The van der Waals surface area contributed by atoms with Crippen molar-refractivity contribution in [2.45, 2.75) is 67.6 Å². The predicted octanol–water partition coefficient (Wildman–Crippen LogP) is 4.89. The molecule has 0 saturated heterocycles. The van der Waals surface area contributed by atoms with Crippen LogP contribution in [0.3, 0.4) is 0 Å². The summed E-state index contributed by atoms with van der Waals surface area (Å²) in [6.07, 6.45) is -62.9. The Balaban J connectivity index is -0.000000237. The van der Waals surface area contributed by atoms with Gasteiger partial charge >= 0.3 is 100 Å². The summed E-state index contributed by atoms with van der Waals surface area (Å²) in [6.45, 7) is 2.22. The molecule has 2 N–H and O–H groups in total. The molecule has 0 bridgehead atoms. The molecule has 0 amide bonds. The van der Waals surface area contributed by atoms with E-state index in [9.17, 15) is 105 Å². The standard InChI is InChI=1S/C8H2F16O2.C3H2F6O.C2H2F2.K.H2O/c9-2(26-8(23,24)6(18,19)7(20,21)22)5(16,17)25-1(3(10,11)12)4(13,14)15;4-2(5,6)1(10)3(7,8)9;1-2(3)4;;/h1-2H;1,10H;1H2;;1H2/q;;;+1;/p-1. The van der Waals surface area contributed by atoms with Gasteiger partial charge < -0.3 is 10.6 Å². The quantitative estimate of drug-likeness (QED) is 0.314. The van der Waals surface area contributed by atoms with E-state index in [1.54, 1.807) is 4.74 Å². The molecule has 0 fully saturated rings. The fraction of sp³-hybridized carbons (Fsp3) is 0.846. The number of hydrogen-bond donors (Lipinski definition) is 1. The summed E-state index contributed by atoms with van der Waals surface area (Å²) >= 11 is 0. The molecule has 0 aromatic carbocycles. The minimum atomic E-state index is -7.34. The molecule has 4 nitrogen and oxygen atoms in total. The zero-order valence-electron chi connectivity index (χ0n) is 18.7. The first-order valence-corrected chi connectivity index (χ1v) is 8.00. The molecule has 29 heteroatoms. The van der Waals surface area contributed by atoms with Crippen molar-refractivity contribution in [1.29, 1.82) is 0 Å². The molecule has 1 atom stereocenters. The van der Waals surface area contributed by atoms with Gasteiger partial charge in [-0.15, -0.1) is 0 Å². The van der Waals surface area contributed by atoms with Crippen LogP contribution >= 0.6 is 0 Å². The van der Waals surface area contributed by atoms with Crippen molar-refractivity contribution in [1.82, 2.24) is 0 Å². The van der Waals surface area contributed by atoms with E-state index < -0.39 is 73.7 Å². The number of halogens is 24. The summed E-state index contributed by atoms with van der Waals surface area (Å²) in [5.74, 6) is -7.34. The fourth-order valence-corrected chi connectivity index (χ4v) is 1.15. The SMILES string of the molecule is C=C(F)F.FC(OC(F)(F)C(F)(F)C(F)(F)F)C(F)(F)OC(C(F)(F)F)C(F)(F)F.OC(C(F)(F)F)C(F)(F)F.[K+].[OH-]. The molecule has 0 rings (SSSR count). The van der Waals surface area contributed by atoms with Gasteiger partial charge in [-0.2, -0.15) is 101 Å². The Morgan fingerprint density at radius 3 is 1.00 bits per heavy atom. The summed E-state index contributed by atoms with van der Waals surface area (Å²) in [4.78, 5) is 0. The van der Waals surface area contributed by atoms with Gasteiger partial charge in [-0.25, -0.2) is 4.39 Å². The van der Waals surface area contributed by atoms with Crippen molar-refractivity contribution < 1.29 is 177 Å². The van der Waals surface area contributed by atoms with E-state index in [0.29, 0.717) is 0 Å². The maximum absolute atomic E-state index is 12.8. The first-order chi connectivity index (χ1) is 16.9. The van der Waals surface area contributed by atoms with Gasteiger partial charge in [0.25, 0.3) is 18.5 Å². The second kappa shape index (κ2) is 16.7. The van der Waals surface area contributed by atoms with Gasteiger partial charge in [-0.3, -0.25) is 9.47 Å². The van der Waals surface area contributed by atoms with E-state index in [-0.39, 0.29) is 56.9 Å². The van der Waals surface area contributed by atoms with E-state index in [1.165, 1.54) is 0 Å². The Labute approximate surface area is 256 Å². The summed E-state index contributed by atoms with van der Waals surface area (Å²) in [7, 11) is 0. The third kappa shape index (κ3) is 17.7. The second-order valence-corrected chi connectivity index (χ2v) is 5.99. The molecule has 0 heterocycles. The van der Waals surface area contributed by atoms with Crippen molar-refractivity contribution in [2.24, 2.45) is 0 Å². The van der Waals surface area contributed by atoms with Crippen LogP contribution in [0.2, 0.25) is 0 Å². The zero-order valence-corrected chi connectivity index (χ0v) is 21.8. The summed E-state index contributed by atoms with van der Waals surface area (Å²) in [6, 6.07) is 0. The molecule has 0 aromatic heterocycles. The van der Waals surface area contributed by atoms with Gasteiger partial charge in [0, 0.05) is 0 Å². The molecule has 252 valence electrons. The number of hydrogen-bond acceptors (Lipinski definition) is 4. The molecule has 42 heavy (non-hydrogen) atoms. The number of aliphatic hydroxyl groups excluding tert-OH is 1. The van der Waals surface area contributed by atoms with E-state index in [1.807, 2.05) is 4.74 Å². The first-order valence-electron chi connectivity index (χ1n) is 8.00. The molecule has 0 aromatic rings. The van der Waals surface area contributed by atoms with Crippen LogP contribution in [0.15, 0.2) is 12.7 Å². The van der Waals surface area contributed by atoms with Crippen molar-refractivity contribution in [3.63, 3.8) is 0 Å². The Kier molecular flexibility index (Phi) is 20.4. The molecule has 0 radical (unpaired) electrons. The van der Waals surface area contributed by atoms with Crippen LogP contribution in [0.4, 0.5) is 105 Å². The van der Waals surface area contributed by atoms with Gasteiger partial charge in [0.1, 0.15) is 0 Å². The maximum atomic E-state index is 12.8. The largest absolute Gasteiger partial charge is 1.00 e. The molecule has 0 aliphatic carbocycles. The van der Waals surface area contributed by atoms with Crippen molar-refractivity contribution in [3.8, 4) is 0 Å². The first kappa shape index (κ1) is 51.1. The van der Waals surface area contributed by atoms with Gasteiger partial charge in [-0.05, 0) is 6.58 Å². The summed E-state index contributed by atoms with van der Waals surface area (Å²) < 4.78 is 284. The molecular formula is C13H7F24KO4. The van der Waals surface area contributed by atoms with E-state index in [4.69, 9.17) is 5.11 Å². The van der Waals surface area contributed by atoms with Gasteiger partial charge in [0.2, 0.25) is 6.10 Å². The van der Waals surface area contributed by atoms with Crippen LogP contribution < -0.4 is 51.4 Å². The van der Waals surface area contributed by atoms with Gasteiger partial charge in [-0.1, -0.05) is 0 Å². The minimum absolute atomic E-state index is 0. The van der Waals surface area contributed by atoms with Crippen molar-refractivity contribution >= 4 is 0 Å². The molecule has 0 saturated carbocycles. The number of rotatable bonds is 6. The van der Waals surface area contributed by atoms with Gasteiger partial charge in [0.05, 0.1) is 0 Å². The van der Waals surface area contributed by atoms with E-state index in [0.717, 1.165) is 0 Å². The van der Waals surface area contributed by atoms with Crippen LogP contribution in [0.1, 0.15) is 0 Å². The van der Waals surface area contributed by atoms with Crippen molar-refractivity contribution in [2.75, 3.05) is 0 Å².